The van der Waals surface area contributed by atoms with E-state index in [2.05, 4.69) is 16.8 Å². The molecule has 2 heterocycles. The lowest BCUT2D eigenvalue weighted by molar-refractivity contribution is -0.134. The second kappa shape index (κ2) is 10.3. The molecular weight excluding hydrogens is 412 g/mol. The van der Waals surface area contributed by atoms with Gasteiger partial charge in [-0.2, -0.15) is 0 Å². The van der Waals surface area contributed by atoms with Crippen molar-refractivity contribution in [3.63, 3.8) is 0 Å². The maximum atomic E-state index is 12.7. The van der Waals surface area contributed by atoms with Crippen LogP contribution in [-0.2, 0) is 16.0 Å². The lowest BCUT2D eigenvalue weighted by atomic mass is 9.95. The third-order valence-electron chi connectivity index (χ3n) is 4.90. The molecule has 1 unspecified atom stereocenters. The molecule has 1 aliphatic rings. The first kappa shape index (κ1) is 21.2. The largest absolute Gasteiger partial charge is 0.355 e. The fourth-order valence-electron chi connectivity index (χ4n) is 3.29. The SMILES string of the molecule is CC(Sc1ccc(Cl)cc1)C(=O)N1CCC(C(=O)NCCc2cccs2)CC1. The van der Waals surface area contributed by atoms with Gasteiger partial charge in [0.25, 0.3) is 0 Å². The Morgan fingerprint density at radius 1 is 1.25 bits per heavy atom. The van der Waals surface area contributed by atoms with E-state index in [4.69, 9.17) is 11.6 Å². The summed E-state index contributed by atoms with van der Waals surface area (Å²) in [4.78, 5) is 29.3. The number of carbonyl (C=O) groups excluding carboxylic acids is 2. The van der Waals surface area contributed by atoms with Gasteiger partial charge in [-0.1, -0.05) is 17.7 Å². The van der Waals surface area contributed by atoms with Gasteiger partial charge in [-0.15, -0.1) is 23.1 Å². The maximum absolute atomic E-state index is 12.7. The van der Waals surface area contributed by atoms with Crippen molar-refractivity contribution >= 4 is 46.5 Å². The highest BCUT2D eigenvalue weighted by Gasteiger charge is 2.29. The third kappa shape index (κ3) is 6.00. The topological polar surface area (TPSA) is 49.4 Å². The monoisotopic (exact) mass is 436 g/mol. The molecule has 1 N–H and O–H groups in total. The second-order valence-electron chi connectivity index (χ2n) is 6.93. The normalized spacial score (nSPS) is 16.0. The zero-order valence-corrected chi connectivity index (χ0v) is 18.3. The van der Waals surface area contributed by atoms with Crippen molar-refractivity contribution in [1.29, 1.82) is 0 Å². The first-order chi connectivity index (χ1) is 13.5. The molecule has 4 nitrogen and oxygen atoms in total. The van der Waals surface area contributed by atoms with Gasteiger partial charge in [0.2, 0.25) is 11.8 Å². The number of hydrogen-bond acceptors (Lipinski definition) is 4. The van der Waals surface area contributed by atoms with Crippen molar-refractivity contribution in [1.82, 2.24) is 10.2 Å². The highest BCUT2D eigenvalue weighted by atomic mass is 35.5. The van der Waals surface area contributed by atoms with Crippen LogP contribution in [0.3, 0.4) is 0 Å². The summed E-state index contributed by atoms with van der Waals surface area (Å²) in [5.74, 6) is 0.260. The molecule has 1 saturated heterocycles. The van der Waals surface area contributed by atoms with Crippen LogP contribution in [0, 0.1) is 5.92 Å². The zero-order valence-electron chi connectivity index (χ0n) is 15.9. The van der Waals surface area contributed by atoms with Gasteiger partial charge in [0.15, 0.2) is 0 Å². The molecule has 0 saturated carbocycles. The predicted molar refractivity (Wildman–Crippen MR) is 117 cm³/mol. The fraction of sp³-hybridized carbons (Fsp3) is 0.429. The van der Waals surface area contributed by atoms with Crippen molar-refractivity contribution in [2.75, 3.05) is 19.6 Å². The number of thiophene rings is 1. The van der Waals surface area contributed by atoms with Crippen LogP contribution in [0.5, 0.6) is 0 Å². The van der Waals surface area contributed by atoms with E-state index in [1.54, 1.807) is 23.1 Å². The van der Waals surface area contributed by atoms with Gasteiger partial charge in [0.05, 0.1) is 5.25 Å². The summed E-state index contributed by atoms with van der Waals surface area (Å²) in [6.45, 7) is 3.90. The van der Waals surface area contributed by atoms with E-state index < -0.39 is 0 Å². The summed E-state index contributed by atoms with van der Waals surface area (Å²) < 4.78 is 0. The number of likely N-dealkylation sites (tertiary alicyclic amines) is 1. The van der Waals surface area contributed by atoms with E-state index in [9.17, 15) is 9.59 Å². The van der Waals surface area contributed by atoms with Crippen molar-refractivity contribution in [2.24, 2.45) is 5.92 Å². The van der Waals surface area contributed by atoms with Gasteiger partial charge >= 0.3 is 0 Å². The Hall–Kier alpha value is -1.50. The number of thioether (sulfide) groups is 1. The molecule has 1 atom stereocenters. The molecule has 1 aliphatic heterocycles. The van der Waals surface area contributed by atoms with Gasteiger partial charge in [-0.25, -0.2) is 0 Å². The van der Waals surface area contributed by atoms with Crippen LogP contribution in [0.4, 0.5) is 0 Å². The van der Waals surface area contributed by atoms with Crippen LogP contribution < -0.4 is 5.32 Å². The standard InChI is InChI=1S/C21H25ClN2O2S2/c1-15(28-19-6-4-17(22)5-7-19)21(26)24-12-9-16(10-13-24)20(25)23-11-8-18-3-2-14-27-18/h2-7,14-16H,8-13H2,1H3,(H,23,25). The minimum absolute atomic E-state index is 0.00612. The minimum atomic E-state index is -0.155. The molecule has 1 aromatic carbocycles. The molecule has 1 fully saturated rings. The summed E-state index contributed by atoms with van der Waals surface area (Å²) in [6, 6.07) is 11.7. The maximum Gasteiger partial charge on any atom is 0.235 e. The third-order valence-corrected chi connectivity index (χ3v) is 7.19. The van der Waals surface area contributed by atoms with E-state index in [-0.39, 0.29) is 23.0 Å². The van der Waals surface area contributed by atoms with E-state index >= 15 is 0 Å². The number of benzene rings is 1. The Morgan fingerprint density at radius 3 is 2.61 bits per heavy atom. The van der Waals surface area contributed by atoms with Gasteiger partial charge in [-0.3, -0.25) is 9.59 Å². The average Bonchev–Trinajstić information content (AvgIpc) is 3.22. The summed E-state index contributed by atoms with van der Waals surface area (Å²) in [7, 11) is 0. The van der Waals surface area contributed by atoms with Crippen LogP contribution in [-0.4, -0.2) is 41.6 Å². The quantitative estimate of drug-likeness (QED) is 0.651. The van der Waals surface area contributed by atoms with E-state index in [1.165, 1.54) is 4.88 Å². The van der Waals surface area contributed by atoms with E-state index in [0.29, 0.717) is 24.7 Å². The molecule has 2 aromatic rings. The number of nitrogens with one attached hydrogen (secondary N) is 1. The van der Waals surface area contributed by atoms with Gasteiger partial charge in [0.1, 0.15) is 0 Å². The van der Waals surface area contributed by atoms with Crippen LogP contribution >= 0.6 is 34.7 Å². The number of halogens is 1. The van der Waals surface area contributed by atoms with Crippen molar-refractivity contribution in [3.8, 4) is 0 Å². The molecule has 7 heteroatoms. The van der Waals surface area contributed by atoms with Crippen LogP contribution in [0.1, 0.15) is 24.6 Å². The van der Waals surface area contributed by atoms with Crippen molar-refractivity contribution < 1.29 is 9.59 Å². The molecule has 2 amide bonds. The number of piperidine rings is 1. The molecule has 0 bridgehead atoms. The highest BCUT2D eigenvalue weighted by molar-refractivity contribution is 8.00. The molecule has 0 aliphatic carbocycles. The highest BCUT2D eigenvalue weighted by Crippen LogP contribution is 2.27. The number of rotatable bonds is 7. The fourth-order valence-corrected chi connectivity index (χ4v) is 5.08. The van der Waals surface area contributed by atoms with Gasteiger partial charge in [-0.05, 0) is 61.9 Å². The Bertz CT molecular complexity index is 772. The van der Waals surface area contributed by atoms with Crippen LogP contribution in [0.25, 0.3) is 0 Å². The average molecular weight is 437 g/mol. The number of carbonyl (C=O) groups is 2. The Balaban J connectivity index is 1.40. The summed E-state index contributed by atoms with van der Waals surface area (Å²) >= 11 is 9.17. The molecule has 0 radical (unpaired) electrons. The Morgan fingerprint density at radius 2 is 1.96 bits per heavy atom. The molecule has 0 spiro atoms. The first-order valence-electron chi connectivity index (χ1n) is 9.54. The smallest absolute Gasteiger partial charge is 0.235 e. The number of amides is 2. The summed E-state index contributed by atoms with van der Waals surface area (Å²) in [6.07, 6.45) is 2.34. The van der Waals surface area contributed by atoms with Gasteiger partial charge in [0, 0.05) is 40.3 Å². The molecule has 1 aromatic heterocycles. The van der Waals surface area contributed by atoms with E-state index in [0.717, 1.165) is 24.2 Å². The zero-order chi connectivity index (χ0) is 19.9. The van der Waals surface area contributed by atoms with Crippen molar-refractivity contribution in [3.05, 3.63) is 51.7 Å². The van der Waals surface area contributed by atoms with E-state index in [1.807, 2.05) is 42.2 Å². The molecule has 3 rings (SSSR count). The Labute approximate surface area is 179 Å². The Kier molecular flexibility index (Phi) is 7.82. The van der Waals surface area contributed by atoms with Crippen molar-refractivity contribution in [2.45, 2.75) is 36.3 Å². The van der Waals surface area contributed by atoms with Gasteiger partial charge < -0.3 is 10.2 Å². The minimum Gasteiger partial charge on any atom is -0.355 e. The predicted octanol–water partition coefficient (Wildman–Crippen LogP) is 4.48. The summed E-state index contributed by atoms with van der Waals surface area (Å²) in [5.41, 5.74) is 0. The molecule has 28 heavy (non-hydrogen) atoms. The van der Waals surface area contributed by atoms with Crippen LogP contribution in [0.15, 0.2) is 46.7 Å². The summed E-state index contributed by atoms with van der Waals surface area (Å²) in [5, 5.41) is 5.63. The first-order valence-corrected chi connectivity index (χ1v) is 11.7. The lowest BCUT2D eigenvalue weighted by Crippen LogP contribution is -2.45. The molecular formula is C21H25ClN2O2S2. The lowest BCUT2D eigenvalue weighted by Gasteiger charge is -2.33. The number of hydrogen-bond donors (Lipinski definition) is 1. The number of nitrogens with zero attached hydrogens (tertiary/aromatic N) is 1. The second-order valence-corrected chi connectivity index (χ2v) is 9.82. The molecule has 150 valence electrons. The van der Waals surface area contributed by atoms with Crippen LogP contribution in [0.2, 0.25) is 5.02 Å².